The Bertz CT molecular complexity index is 1050. The van der Waals surface area contributed by atoms with Crippen LogP contribution in [-0.2, 0) is 4.79 Å². The van der Waals surface area contributed by atoms with Crippen molar-refractivity contribution in [3.8, 4) is 11.3 Å². The Morgan fingerprint density at radius 3 is 2.38 bits per heavy atom. The van der Waals surface area contributed by atoms with Gasteiger partial charge in [0.1, 0.15) is 23.2 Å². The van der Waals surface area contributed by atoms with E-state index >= 15 is 0 Å². The number of hydrogen-bond donors (Lipinski definition) is 1. The number of halogens is 5. The van der Waals surface area contributed by atoms with Crippen molar-refractivity contribution < 1.29 is 26.7 Å². The number of fused-ring (bicyclic) bond motifs is 1. The summed E-state index contributed by atoms with van der Waals surface area (Å²) in [7, 11) is 0. The van der Waals surface area contributed by atoms with Gasteiger partial charge in [0, 0.05) is 30.2 Å². The number of hydrogen-bond acceptors (Lipinski definition) is 1. The van der Waals surface area contributed by atoms with Crippen LogP contribution in [0.25, 0.3) is 22.2 Å². The summed E-state index contributed by atoms with van der Waals surface area (Å²) in [4.78, 5) is 15.1. The number of Topliss-reactive ketones (excluding diaryl/α,β-unsaturated/α-hetero) is 1. The maximum absolute atomic E-state index is 14.3. The zero-order valence-corrected chi connectivity index (χ0v) is 15.3. The number of aromatic amines is 1. The molecule has 0 spiro atoms. The molecule has 1 aliphatic carbocycles. The van der Waals surface area contributed by atoms with Gasteiger partial charge in [0.2, 0.25) is 6.43 Å². The highest BCUT2D eigenvalue weighted by molar-refractivity contribution is 5.92. The van der Waals surface area contributed by atoms with Crippen LogP contribution in [0.15, 0.2) is 36.4 Å². The molecule has 0 bridgehead atoms. The van der Waals surface area contributed by atoms with Gasteiger partial charge in [-0.3, -0.25) is 4.79 Å². The van der Waals surface area contributed by atoms with Crippen molar-refractivity contribution in [2.24, 2.45) is 5.92 Å². The molecule has 4 rings (SSSR count). The molecule has 0 aliphatic heterocycles. The third-order valence-corrected chi connectivity index (χ3v) is 5.61. The van der Waals surface area contributed by atoms with Gasteiger partial charge in [0.25, 0.3) is 0 Å². The number of nitrogens with one attached hydrogen (secondary N) is 1. The fourth-order valence-corrected chi connectivity index (χ4v) is 4.08. The lowest BCUT2D eigenvalue weighted by molar-refractivity contribution is -0.126. The number of ketones is 1. The summed E-state index contributed by atoms with van der Waals surface area (Å²) in [5, 5.41) is 0.380. The molecule has 2 aromatic carbocycles. The van der Waals surface area contributed by atoms with Gasteiger partial charge in [-0.05, 0) is 60.2 Å². The molecule has 7 heteroatoms. The van der Waals surface area contributed by atoms with Crippen LogP contribution in [0.5, 0.6) is 0 Å². The number of alkyl halides is 2. The van der Waals surface area contributed by atoms with Gasteiger partial charge >= 0.3 is 0 Å². The highest BCUT2D eigenvalue weighted by Crippen LogP contribution is 2.49. The number of benzene rings is 2. The molecule has 0 saturated heterocycles. The zero-order valence-electron chi connectivity index (χ0n) is 15.3. The first kappa shape index (κ1) is 19.6. The molecule has 1 N–H and O–H groups in total. The molecule has 0 unspecified atom stereocenters. The summed E-state index contributed by atoms with van der Waals surface area (Å²) in [5.74, 6) is -2.56. The normalized spacial score (nSPS) is 19.0. The van der Waals surface area contributed by atoms with Crippen LogP contribution < -0.4 is 0 Å². The van der Waals surface area contributed by atoms with Crippen LogP contribution in [0.2, 0.25) is 0 Å². The third kappa shape index (κ3) is 3.78. The number of rotatable bonds is 6. The summed E-state index contributed by atoms with van der Waals surface area (Å²) in [5.41, 5.74) is 1.98. The van der Waals surface area contributed by atoms with Crippen LogP contribution in [0.1, 0.15) is 37.2 Å². The number of H-pyrrole nitrogens is 1. The molecule has 0 amide bonds. The minimum Gasteiger partial charge on any atom is -0.352 e. The van der Waals surface area contributed by atoms with Gasteiger partial charge in [0.05, 0.1) is 11.2 Å². The summed E-state index contributed by atoms with van der Waals surface area (Å²) in [6, 6.07) is 7.67. The minimum atomic E-state index is -2.51. The molecule has 29 heavy (non-hydrogen) atoms. The van der Waals surface area contributed by atoms with Crippen molar-refractivity contribution in [2.45, 2.75) is 38.0 Å². The van der Waals surface area contributed by atoms with E-state index in [0.29, 0.717) is 35.0 Å². The van der Waals surface area contributed by atoms with Crippen LogP contribution in [-0.4, -0.2) is 17.2 Å². The fourth-order valence-electron chi connectivity index (χ4n) is 4.08. The highest BCUT2D eigenvalue weighted by atomic mass is 19.3. The van der Waals surface area contributed by atoms with Crippen molar-refractivity contribution in [1.82, 2.24) is 4.98 Å². The largest absolute Gasteiger partial charge is 0.352 e. The fraction of sp³-hybridized carbons (Fsp3) is 0.318. The number of carbonyl (C=O) groups is 1. The van der Waals surface area contributed by atoms with Gasteiger partial charge in [-0.2, -0.15) is 0 Å². The lowest BCUT2D eigenvalue weighted by atomic mass is 9.68. The minimum absolute atomic E-state index is 0.146. The second kappa shape index (κ2) is 7.61. The molecule has 3 aromatic rings. The Morgan fingerprint density at radius 2 is 1.72 bits per heavy atom. The molecule has 1 aromatic heterocycles. The van der Waals surface area contributed by atoms with E-state index in [1.807, 2.05) is 0 Å². The van der Waals surface area contributed by atoms with E-state index in [0.717, 1.165) is 6.07 Å². The first-order chi connectivity index (χ1) is 13.8. The smallest absolute Gasteiger partial charge is 0.239 e. The topological polar surface area (TPSA) is 32.9 Å². The molecular formula is C22H18F5NO. The van der Waals surface area contributed by atoms with Gasteiger partial charge in [-0.1, -0.05) is 0 Å². The van der Waals surface area contributed by atoms with Gasteiger partial charge in [-0.15, -0.1) is 0 Å². The van der Waals surface area contributed by atoms with E-state index in [4.69, 9.17) is 0 Å². The Balaban J connectivity index is 1.69. The maximum atomic E-state index is 14.3. The van der Waals surface area contributed by atoms with E-state index < -0.39 is 30.3 Å². The summed E-state index contributed by atoms with van der Waals surface area (Å²) in [6.07, 6.45) is -2.27. The second-order valence-corrected chi connectivity index (χ2v) is 7.49. The first-order valence-electron chi connectivity index (χ1n) is 9.41. The first-order valence-corrected chi connectivity index (χ1v) is 9.41. The average molecular weight is 407 g/mol. The molecule has 1 saturated carbocycles. The van der Waals surface area contributed by atoms with Gasteiger partial charge in [0.15, 0.2) is 0 Å². The van der Waals surface area contributed by atoms with Crippen LogP contribution in [0.4, 0.5) is 22.0 Å². The van der Waals surface area contributed by atoms with E-state index in [1.54, 1.807) is 12.1 Å². The predicted octanol–water partition coefficient (Wildman–Crippen LogP) is 6.36. The van der Waals surface area contributed by atoms with E-state index in [1.165, 1.54) is 18.2 Å². The van der Waals surface area contributed by atoms with Crippen molar-refractivity contribution in [3.63, 3.8) is 0 Å². The third-order valence-electron chi connectivity index (χ3n) is 5.61. The Kier molecular flexibility index (Phi) is 5.15. The number of carbonyl (C=O) groups excluding carboxylic acids is 1. The molecular weight excluding hydrogens is 389 g/mol. The molecule has 1 fully saturated rings. The zero-order chi connectivity index (χ0) is 20.7. The van der Waals surface area contributed by atoms with E-state index in [9.17, 15) is 26.7 Å². The van der Waals surface area contributed by atoms with E-state index in [-0.39, 0.29) is 29.6 Å². The summed E-state index contributed by atoms with van der Waals surface area (Å²) >= 11 is 0. The summed E-state index contributed by atoms with van der Waals surface area (Å²) in [6.45, 7) is 0. The standard InChI is InChI=1S/C22H18F5NO/c23-14-3-1-11(2-4-14)21-20(16-9-15(24)10-17(25)22(16)28-21)13-7-12(8-13)18(29)5-6-19(26)27/h1-4,9-10,12-13,19,28H,5-8H2. The van der Waals surface area contributed by atoms with Crippen LogP contribution in [0, 0.1) is 23.4 Å². The lowest BCUT2D eigenvalue weighted by Gasteiger charge is -2.35. The van der Waals surface area contributed by atoms with Crippen molar-refractivity contribution >= 4 is 16.7 Å². The second-order valence-electron chi connectivity index (χ2n) is 7.49. The molecule has 2 nitrogen and oxygen atoms in total. The predicted molar refractivity (Wildman–Crippen MR) is 99.3 cm³/mol. The summed E-state index contributed by atoms with van der Waals surface area (Å²) < 4.78 is 66.2. The Hall–Kier alpha value is -2.70. The monoisotopic (exact) mass is 407 g/mol. The van der Waals surface area contributed by atoms with Gasteiger partial charge in [-0.25, -0.2) is 22.0 Å². The van der Waals surface area contributed by atoms with Crippen molar-refractivity contribution in [2.75, 3.05) is 0 Å². The average Bonchev–Trinajstić information content (AvgIpc) is 2.99. The molecule has 152 valence electrons. The van der Waals surface area contributed by atoms with Crippen molar-refractivity contribution in [3.05, 3.63) is 59.4 Å². The SMILES string of the molecule is O=C(CCC(F)F)C1CC(c2c(-c3ccc(F)cc3)[nH]c3c(F)cc(F)cc23)C1. The Labute approximate surface area is 163 Å². The molecule has 0 atom stereocenters. The molecule has 0 radical (unpaired) electrons. The highest BCUT2D eigenvalue weighted by Gasteiger charge is 2.38. The van der Waals surface area contributed by atoms with Crippen molar-refractivity contribution in [1.29, 1.82) is 0 Å². The van der Waals surface area contributed by atoms with Crippen LogP contribution in [0.3, 0.4) is 0 Å². The molecule has 1 aliphatic rings. The number of aromatic nitrogens is 1. The van der Waals surface area contributed by atoms with E-state index in [2.05, 4.69) is 4.98 Å². The van der Waals surface area contributed by atoms with Crippen LogP contribution >= 0.6 is 0 Å². The Morgan fingerprint density at radius 1 is 1.03 bits per heavy atom. The lowest BCUT2D eigenvalue weighted by Crippen LogP contribution is -2.29. The van der Waals surface area contributed by atoms with Gasteiger partial charge < -0.3 is 4.98 Å². The maximum Gasteiger partial charge on any atom is 0.239 e. The quantitative estimate of drug-likeness (QED) is 0.474. The molecule has 1 heterocycles.